The van der Waals surface area contributed by atoms with Crippen LogP contribution in [-0.4, -0.2) is 41.5 Å². The first-order valence-corrected chi connectivity index (χ1v) is 6.39. The Kier molecular flexibility index (Phi) is 6.29. The molecule has 108 valence electrons. The minimum Gasteiger partial charge on any atom is -0.493 e. The van der Waals surface area contributed by atoms with E-state index in [1.54, 1.807) is 21.3 Å². The van der Waals surface area contributed by atoms with Crippen LogP contribution in [0.1, 0.15) is 12.8 Å². The van der Waals surface area contributed by atoms with Gasteiger partial charge in [-0.3, -0.25) is 0 Å². The normalized spacial score (nSPS) is 10.2. The summed E-state index contributed by atoms with van der Waals surface area (Å²) < 4.78 is 16.0. The molecule has 0 atom stereocenters. The zero-order chi connectivity index (χ0) is 14.3. The number of unbranched alkanes of at least 4 members (excludes halogenated alkanes) is 1. The Morgan fingerprint density at radius 2 is 1.58 bits per heavy atom. The second-order valence-corrected chi connectivity index (χ2v) is 4.30. The Labute approximate surface area is 115 Å². The van der Waals surface area contributed by atoms with Crippen LogP contribution in [0.3, 0.4) is 0 Å². The van der Waals surface area contributed by atoms with E-state index in [1.807, 2.05) is 19.2 Å². The number of nitrogens with zero attached hydrogens (tertiary/aromatic N) is 1. The fourth-order valence-electron chi connectivity index (χ4n) is 1.91. The van der Waals surface area contributed by atoms with E-state index < -0.39 is 0 Å². The largest absolute Gasteiger partial charge is 0.493 e. The zero-order valence-corrected chi connectivity index (χ0v) is 12.2. The second-order valence-electron chi connectivity index (χ2n) is 4.30. The van der Waals surface area contributed by atoms with Crippen molar-refractivity contribution < 1.29 is 14.2 Å². The first kappa shape index (κ1) is 15.4. The van der Waals surface area contributed by atoms with Gasteiger partial charge < -0.3 is 24.8 Å². The molecule has 1 rings (SSSR count). The highest BCUT2D eigenvalue weighted by atomic mass is 16.5. The van der Waals surface area contributed by atoms with Crippen LogP contribution in [0.15, 0.2) is 12.1 Å². The van der Waals surface area contributed by atoms with Gasteiger partial charge in [-0.15, -0.1) is 0 Å². The maximum atomic E-state index is 5.51. The molecule has 0 fully saturated rings. The highest BCUT2D eigenvalue weighted by Gasteiger charge is 2.14. The number of nitrogens with two attached hydrogens (primary N) is 1. The molecule has 2 N–H and O–H groups in total. The van der Waals surface area contributed by atoms with E-state index in [0.29, 0.717) is 17.2 Å². The Hall–Kier alpha value is -1.62. The number of benzene rings is 1. The lowest BCUT2D eigenvalue weighted by molar-refractivity contribution is 0.324. The molecule has 19 heavy (non-hydrogen) atoms. The van der Waals surface area contributed by atoms with Crippen molar-refractivity contribution >= 4 is 5.69 Å². The highest BCUT2D eigenvalue weighted by molar-refractivity contribution is 5.63. The zero-order valence-electron chi connectivity index (χ0n) is 12.2. The van der Waals surface area contributed by atoms with Crippen molar-refractivity contribution in [1.82, 2.24) is 0 Å². The first-order valence-electron chi connectivity index (χ1n) is 6.39. The average molecular weight is 268 g/mol. The summed E-state index contributed by atoms with van der Waals surface area (Å²) in [7, 11) is 6.88. The van der Waals surface area contributed by atoms with E-state index in [4.69, 9.17) is 19.9 Å². The van der Waals surface area contributed by atoms with Crippen molar-refractivity contribution in [2.24, 2.45) is 5.73 Å². The average Bonchev–Trinajstić information content (AvgIpc) is 2.45. The third-order valence-electron chi connectivity index (χ3n) is 3.04. The fraction of sp³-hybridized carbons (Fsp3) is 0.571. The summed E-state index contributed by atoms with van der Waals surface area (Å²) in [6.45, 7) is 1.67. The maximum absolute atomic E-state index is 5.51. The van der Waals surface area contributed by atoms with E-state index in [1.165, 1.54) is 0 Å². The van der Waals surface area contributed by atoms with Crippen molar-refractivity contribution in [1.29, 1.82) is 0 Å². The van der Waals surface area contributed by atoms with Gasteiger partial charge in [-0.05, 0) is 19.4 Å². The van der Waals surface area contributed by atoms with Gasteiger partial charge in [0.05, 0.1) is 21.3 Å². The predicted molar refractivity (Wildman–Crippen MR) is 77.7 cm³/mol. The van der Waals surface area contributed by atoms with Gasteiger partial charge in [-0.1, -0.05) is 0 Å². The van der Waals surface area contributed by atoms with Gasteiger partial charge >= 0.3 is 0 Å². The van der Waals surface area contributed by atoms with Crippen molar-refractivity contribution in [3.63, 3.8) is 0 Å². The van der Waals surface area contributed by atoms with E-state index in [2.05, 4.69) is 4.90 Å². The maximum Gasteiger partial charge on any atom is 0.203 e. The lowest BCUT2D eigenvalue weighted by Crippen LogP contribution is -2.19. The number of hydrogen-bond donors (Lipinski definition) is 1. The summed E-state index contributed by atoms with van der Waals surface area (Å²) in [5.74, 6) is 1.95. The summed E-state index contributed by atoms with van der Waals surface area (Å²) in [6.07, 6.45) is 2.08. The summed E-state index contributed by atoms with van der Waals surface area (Å²) >= 11 is 0. The molecule has 0 unspecified atom stereocenters. The standard InChI is InChI=1S/C14H24N2O3/c1-16(8-6-5-7-15)11-9-12(17-2)14(19-4)13(10-11)18-3/h9-10H,5-8,15H2,1-4H3. The van der Waals surface area contributed by atoms with Gasteiger partial charge in [0, 0.05) is 31.4 Å². The molecule has 5 nitrogen and oxygen atoms in total. The summed E-state index contributed by atoms with van der Waals surface area (Å²) in [5, 5.41) is 0. The molecule has 0 aliphatic rings. The fourth-order valence-corrected chi connectivity index (χ4v) is 1.91. The predicted octanol–water partition coefficient (Wildman–Crippen LogP) is 1.89. The van der Waals surface area contributed by atoms with Crippen LogP contribution in [0.25, 0.3) is 0 Å². The minimum atomic E-state index is 0.615. The molecule has 5 heteroatoms. The number of ether oxygens (including phenoxy) is 3. The molecule has 0 aliphatic carbocycles. The Morgan fingerprint density at radius 3 is 2.00 bits per heavy atom. The number of methoxy groups -OCH3 is 3. The lowest BCUT2D eigenvalue weighted by Gasteiger charge is -2.22. The molecule has 1 aromatic rings. The first-order chi connectivity index (χ1) is 9.17. The molecule has 0 amide bonds. The minimum absolute atomic E-state index is 0.615. The van der Waals surface area contributed by atoms with Crippen LogP contribution in [0.5, 0.6) is 17.2 Å². The molecule has 0 heterocycles. The lowest BCUT2D eigenvalue weighted by atomic mass is 10.2. The molecule has 0 radical (unpaired) electrons. The van der Waals surface area contributed by atoms with Gasteiger partial charge in [0.2, 0.25) is 5.75 Å². The van der Waals surface area contributed by atoms with E-state index in [9.17, 15) is 0 Å². The van der Waals surface area contributed by atoms with Crippen LogP contribution >= 0.6 is 0 Å². The number of rotatable bonds is 8. The molecule has 1 aromatic carbocycles. The summed E-state index contributed by atoms with van der Waals surface area (Å²) in [4.78, 5) is 2.15. The molecular formula is C14H24N2O3. The molecular weight excluding hydrogens is 244 g/mol. The van der Waals surface area contributed by atoms with E-state index >= 15 is 0 Å². The smallest absolute Gasteiger partial charge is 0.203 e. The Morgan fingerprint density at radius 1 is 1.00 bits per heavy atom. The van der Waals surface area contributed by atoms with Crippen molar-refractivity contribution in [2.75, 3.05) is 46.4 Å². The van der Waals surface area contributed by atoms with Gasteiger partial charge in [-0.2, -0.15) is 0 Å². The van der Waals surface area contributed by atoms with Gasteiger partial charge in [0.15, 0.2) is 11.5 Å². The van der Waals surface area contributed by atoms with Gasteiger partial charge in [0.25, 0.3) is 0 Å². The highest BCUT2D eigenvalue weighted by Crippen LogP contribution is 2.40. The number of anilines is 1. The van der Waals surface area contributed by atoms with Crippen molar-refractivity contribution in [3.8, 4) is 17.2 Å². The summed E-state index contributed by atoms with van der Waals surface area (Å²) in [5.41, 5.74) is 6.54. The molecule has 0 saturated carbocycles. The molecule has 0 aromatic heterocycles. The third kappa shape index (κ3) is 3.92. The molecule has 0 bridgehead atoms. The van der Waals surface area contributed by atoms with Crippen LogP contribution < -0.4 is 24.8 Å². The van der Waals surface area contributed by atoms with Crippen molar-refractivity contribution in [2.45, 2.75) is 12.8 Å². The number of hydrogen-bond acceptors (Lipinski definition) is 5. The quantitative estimate of drug-likeness (QED) is 0.730. The van der Waals surface area contributed by atoms with Crippen LogP contribution in [0.2, 0.25) is 0 Å². The SMILES string of the molecule is COc1cc(N(C)CCCCN)cc(OC)c1OC. The molecule has 0 saturated heterocycles. The molecule has 0 spiro atoms. The van der Waals surface area contributed by atoms with Crippen LogP contribution in [-0.2, 0) is 0 Å². The van der Waals surface area contributed by atoms with Crippen molar-refractivity contribution in [3.05, 3.63) is 12.1 Å². The molecule has 0 aliphatic heterocycles. The Bertz CT molecular complexity index is 371. The van der Waals surface area contributed by atoms with Crippen LogP contribution in [0, 0.1) is 0 Å². The monoisotopic (exact) mass is 268 g/mol. The summed E-state index contributed by atoms with van der Waals surface area (Å²) in [6, 6.07) is 3.90. The van der Waals surface area contributed by atoms with E-state index in [0.717, 1.165) is 31.6 Å². The third-order valence-corrected chi connectivity index (χ3v) is 3.04. The van der Waals surface area contributed by atoms with Crippen LogP contribution in [0.4, 0.5) is 5.69 Å². The van der Waals surface area contributed by atoms with Gasteiger partial charge in [0.1, 0.15) is 0 Å². The second kappa shape index (κ2) is 7.74. The topological polar surface area (TPSA) is 57.0 Å². The van der Waals surface area contributed by atoms with E-state index in [-0.39, 0.29) is 0 Å². The van der Waals surface area contributed by atoms with Gasteiger partial charge in [-0.25, -0.2) is 0 Å². The Balaban J connectivity index is 2.95.